The molecule has 0 unspecified atom stereocenters. The van der Waals surface area contributed by atoms with Crippen molar-refractivity contribution >= 4 is 29.6 Å². The Morgan fingerprint density at radius 1 is 0.725 bits per heavy atom. The summed E-state index contributed by atoms with van der Waals surface area (Å²) in [5, 5.41) is 2.24. The normalized spacial score (nSPS) is 14.2. The van der Waals surface area contributed by atoms with Crippen LogP contribution in [0.25, 0.3) is 6.08 Å². The molecule has 4 aromatic carbocycles. The molecule has 1 N–H and O–H groups in total. The molecule has 1 fully saturated rings. The van der Waals surface area contributed by atoms with Gasteiger partial charge in [0, 0.05) is 0 Å². The van der Waals surface area contributed by atoms with Crippen LogP contribution in [0.1, 0.15) is 16.7 Å². The van der Waals surface area contributed by atoms with E-state index in [0.29, 0.717) is 41.7 Å². The van der Waals surface area contributed by atoms with Crippen molar-refractivity contribution in [2.45, 2.75) is 13.2 Å². The Balaban J connectivity index is 1.32. The van der Waals surface area contributed by atoms with Crippen LogP contribution < -0.4 is 24.4 Å². The monoisotopic (exact) mass is 534 g/mol. The summed E-state index contributed by atoms with van der Waals surface area (Å²) in [6.45, 7) is 0.732. The van der Waals surface area contributed by atoms with Gasteiger partial charge >= 0.3 is 6.03 Å². The molecule has 0 spiro atoms. The average Bonchev–Trinajstić information content (AvgIpc) is 2.99. The van der Waals surface area contributed by atoms with E-state index in [1.54, 1.807) is 42.5 Å². The van der Waals surface area contributed by atoms with E-state index in [2.05, 4.69) is 5.32 Å². The summed E-state index contributed by atoms with van der Waals surface area (Å²) in [4.78, 5) is 39.5. The molecule has 200 valence electrons. The van der Waals surface area contributed by atoms with Crippen molar-refractivity contribution in [2.24, 2.45) is 0 Å². The standard InChI is InChI=1S/C32H26N2O6/c1-38-29-19-24(12-17-28(29)40-21-23-10-6-3-7-11-23)18-27-30(35)33-32(37)34(31(27)36)25-13-15-26(16-14-25)39-20-22-8-4-2-5-9-22/h2-19H,20-21H2,1H3,(H,33,35,37)/b27-18+. The smallest absolute Gasteiger partial charge is 0.335 e. The third-order valence-corrected chi connectivity index (χ3v) is 6.18. The Labute approximate surface area is 231 Å². The molecule has 8 nitrogen and oxygen atoms in total. The number of benzene rings is 4. The second-order valence-corrected chi connectivity index (χ2v) is 8.91. The predicted octanol–water partition coefficient (Wildman–Crippen LogP) is 5.52. The van der Waals surface area contributed by atoms with Crippen molar-refractivity contribution in [2.75, 3.05) is 12.0 Å². The molecule has 1 aliphatic rings. The van der Waals surface area contributed by atoms with Gasteiger partial charge in [0.15, 0.2) is 11.5 Å². The summed E-state index contributed by atoms with van der Waals surface area (Å²) in [6, 6.07) is 30.2. The van der Waals surface area contributed by atoms with Gasteiger partial charge in [-0.1, -0.05) is 66.7 Å². The van der Waals surface area contributed by atoms with Crippen molar-refractivity contribution in [3.05, 3.63) is 125 Å². The first-order valence-corrected chi connectivity index (χ1v) is 12.5. The number of hydrogen-bond donors (Lipinski definition) is 1. The highest BCUT2D eigenvalue weighted by Gasteiger charge is 2.36. The van der Waals surface area contributed by atoms with E-state index in [9.17, 15) is 14.4 Å². The van der Waals surface area contributed by atoms with Crippen LogP contribution in [0.2, 0.25) is 0 Å². The number of hydrogen-bond acceptors (Lipinski definition) is 6. The van der Waals surface area contributed by atoms with Crippen LogP contribution in [0.3, 0.4) is 0 Å². The summed E-state index contributed by atoms with van der Waals surface area (Å²) in [6.07, 6.45) is 1.41. The van der Waals surface area contributed by atoms with Crippen LogP contribution in [0, 0.1) is 0 Å². The molecule has 0 bridgehead atoms. The third-order valence-electron chi connectivity index (χ3n) is 6.18. The summed E-state index contributed by atoms with van der Waals surface area (Å²) >= 11 is 0. The molecule has 1 heterocycles. The van der Waals surface area contributed by atoms with E-state index >= 15 is 0 Å². The minimum absolute atomic E-state index is 0.191. The Bertz CT molecular complexity index is 1550. The maximum absolute atomic E-state index is 13.3. The Hall–Kier alpha value is -5.37. The number of anilines is 1. The molecule has 0 aromatic heterocycles. The van der Waals surface area contributed by atoms with Gasteiger partial charge in [-0.05, 0) is 59.2 Å². The van der Waals surface area contributed by atoms with E-state index in [4.69, 9.17) is 14.2 Å². The first-order chi connectivity index (χ1) is 19.5. The number of imide groups is 2. The second kappa shape index (κ2) is 12.0. The molecule has 5 rings (SSSR count). The van der Waals surface area contributed by atoms with E-state index in [-0.39, 0.29) is 5.57 Å². The van der Waals surface area contributed by atoms with Gasteiger partial charge in [0.1, 0.15) is 24.5 Å². The molecular weight excluding hydrogens is 508 g/mol. The molecular formula is C32H26N2O6. The molecule has 0 aliphatic carbocycles. The number of nitrogens with zero attached hydrogens (tertiary/aromatic N) is 1. The lowest BCUT2D eigenvalue weighted by Gasteiger charge is -2.26. The van der Waals surface area contributed by atoms with Gasteiger partial charge in [-0.25, -0.2) is 9.69 Å². The van der Waals surface area contributed by atoms with Crippen LogP contribution >= 0.6 is 0 Å². The Kier molecular flexibility index (Phi) is 7.87. The van der Waals surface area contributed by atoms with Crippen LogP contribution in [-0.4, -0.2) is 25.0 Å². The third kappa shape index (κ3) is 6.02. The highest BCUT2D eigenvalue weighted by atomic mass is 16.5. The quantitative estimate of drug-likeness (QED) is 0.225. The number of barbiturate groups is 1. The van der Waals surface area contributed by atoms with Crippen molar-refractivity contribution < 1.29 is 28.6 Å². The topological polar surface area (TPSA) is 94.2 Å². The largest absolute Gasteiger partial charge is 0.493 e. The average molecular weight is 535 g/mol. The summed E-state index contributed by atoms with van der Waals surface area (Å²) in [5.74, 6) is 0.00534. The fourth-order valence-electron chi connectivity index (χ4n) is 4.12. The molecule has 1 saturated heterocycles. The zero-order chi connectivity index (χ0) is 27.9. The zero-order valence-corrected chi connectivity index (χ0v) is 21.7. The van der Waals surface area contributed by atoms with E-state index < -0.39 is 17.8 Å². The zero-order valence-electron chi connectivity index (χ0n) is 21.7. The maximum atomic E-state index is 13.3. The van der Waals surface area contributed by atoms with Gasteiger partial charge in [0.2, 0.25) is 0 Å². The fourth-order valence-corrected chi connectivity index (χ4v) is 4.12. The number of carbonyl (C=O) groups excluding carboxylic acids is 3. The number of urea groups is 1. The molecule has 40 heavy (non-hydrogen) atoms. The van der Waals surface area contributed by atoms with Gasteiger partial charge in [0.25, 0.3) is 11.8 Å². The first-order valence-electron chi connectivity index (χ1n) is 12.5. The van der Waals surface area contributed by atoms with Crippen molar-refractivity contribution in [3.8, 4) is 17.2 Å². The van der Waals surface area contributed by atoms with Gasteiger partial charge in [-0.15, -0.1) is 0 Å². The number of nitrogens with one attached hydrogen (secondary N) is 1. The lowest BCUT2D eigenvalue weighted by Crippen LogP contribution is -2.54. The van der Waals surface area contributed by atoms with Crippen LogP contribution in [0.4, 0.5) is 10.5 Å². The molecule has 4 amide bonds. The lowest BCUT2D eigenvalue weighted by molar-refractivity contribution is -0.122. The lowest BCUT2D eigenvalue weighted by atomic mass is 10.1. The molecule has 0 atom stereocenters. The SMILES string of the molecule is COc1cc(/C=C2\C(=O)NC(=O)N(c3ccc(OCc4ccccc4)cc3)C2=O)ccc1OCc1ccccc1. The van der Waals surface area contributed by atoms with Gasteiger partial charge in [-0.3, -0.25) is 14.9 Å². The van der Waals surface area contributed by atoms with E-state index in [1.807, 2.05) is 60.7 Å². The second-order valence-electron chi connectivity index (χ2n) is 8.91. The molecule has 0 radical (unpaired) electrons. The predicted molar refractivity (Wildman–Crippen MR) is 150 cm³/mol. The van der Waals surface area contributed by atoms with E-state index in [0.717, 1.165) is 16.0 Å². The maximum Gasteiger partial charge on any atom is 0.335 e. The number of carbonyl (C=O) groups is 3. The summed E-state index contributed by atoms with van der Waals surface area (Å²) < 4.78 is 17.1. The Morgan fingerprint density at radius 2 is 1.35 bits per heavy atom. The molecule has 8 heteroatoms. The van der Waals surface area contributed by atoms with Gasteiger partial charge in [0.05, 0.1) is 12.8 Å². The molecule has 4 aromatic rings. The van der Waals surface area contributed by atoms with E-state index in [1.165, 1.54) is 13.2 Å². The first kappa shape index (κ1) is 26.2. The number of rotatable bonds is 9. The van der Waals surface area contributed by atoms with Crippen LogP contribution in [0.5, 0.6) is 17.2 Å². The van der Waals surface area contributed by atoms with Crippen LogP contribution in [-0.2, 0) is 22.8 Å². The number of amides is 4. The minimum atomic E-state index is -0.827. The number of methoxy groups -OCH3 is 1. The van der Waals surface area contributed by atoms with Crippen molar-refractivity contribution in [1.29, 1.82) is 0 Å². The fraction of sp³-hybridized carbons (Fsp3) is 0.0938. The minimum Gasteiger partial charge on any atom is -0.493 e. The number of ether oxygens (including phenoxy) is 3. The Morgan fingerprint density at radius 3 is 1.98 bits per heavy atom. The van der Waals surface area contributed by atoms with Gasteiger partial charge in [-0.2, -0.15) is 0 Å². The molecule has 0 saturated carbocycles. The van der Waals surface area contributed by atoms with Gasteiger partial charge < -0.3 is 14.2 Å². The highest BCUT2D eigenvalue weighted by molar-refractivity contribution is 6.39. The van der Waals surface area contributed by atoms with Crippen molar-refractivity contribution in [1.82, 2.24) is 5.32 Å². The summed E-state index contributed by atoms with van der Waals surface area (Å²) in [7, 11) is 1.51. The van der Waals surface area contributed by atoms with Crippen LogP contribution in [0.15, 0.2) is 109 Å². The molecule has 1 aliphatic heterocycles. The summed E-state index contributed by atoms with van der Waals surface area (Å²) in [5.41, 5.74) is 2.65. The van der Waals surface area contributed by atoms with Crippen molar-refractivity contribution in [3.63, 3.8) is 0 Å². The highest BCUT2D eigenvalue weighted by Crippen LogP contribution is 2.31.